The molecule has 2 N–H and O–H groups in total. The molecule has 0 aromatic carbocycles. The molecular formula is C21H38IN5O. The van der Waals surface area contributed by atoms with Crippen LogP contribution in [0.4, 0.5) is 0 Å². The molecule has 7 heteroatoms. The van der Waals surface area contributed by atoms with Crippen LogP contribution in [0.5, 0.6) is 0 Å². The fraction of sp³-hybridized carbons (Fsp3) is 0.810. The van der Waals surface area contributed by atoms with E-state index in [2.05, 4.69) is 48.2 Å². The minimum absolute atomic E-state index is 0. The van der Waals surface area contributed by atoms with Crippen molar-refractivity contribution in [2.75, 3.05) is 26.2 Å². The number of oxazole rings is 1. The van der Waals surface area contributed by atoms with E-state index in [1.54, 1.807) is 0 Å². The zero-order valence-corrected chi connectivity index (χ0v) is 20.3. The van der Waals surface area contributed by atoms with Crippen molar-refractivity contribution in [2.24, 2.45) is 10.9 Å². The Bertz CT molecular complexity index is 619. The lowest BCUT2D eigenvalue weighted by Crippen LogP contribution is -2.44. The first-order valence-electron chi connectivity index (χ1n) is 10.7. The second kappa shape index (κ2) is 10.8. The van der Waals surface area contributed by atoms with Crippen LogP contribution in [0.1, 0.15) is 71.5 Å². The summed E-state index contributed by atoms with van der Waals surface area (Å²) < 4.78 is 5.86. The average molecular weight is 503 g/mol. The van der Waals surface area contributed by atoms with Gasteiger partial charge in [0, 0.05) is 37.6 Å². The molecule has 1 saturated carbocycles. The molecule has 2 fully saturated rings. The summed E-state index contributed by atoms with van der Waals surface area (Å²) in [4.78, 5) is 11.7. The molecule has 0 bridgehead atoms. The van der Waals surface area contributed by atoms with Crippen LogP contribution in [-0.4, -0.2) is 48.1 Å². The van der Waals surface area contributed by atoms with Crippen LogP contribution in [0.3, 0.4) is 0 Å². The van der Waals surface area contributed by atoms with Crippen molar-refractivity contribution in [3.8, 4) is 0 Å². The first-order chi connectivity index (χ1) is 12.9. The molecule has 1 unspecified atom stereocenters. The van der Waals surface area contributed by atoms with Crippen molar-refractivity contribution in [3.63, 3.8) is 0 Å². The van der Waals surface area contributed by atoms with E-state index < -0.39 is 0 Å². The molecule has 160 valence electrons. The highest BCUT2D eigenvalue weighted by atomic mass is 127. The van der Waals surface area contributed by atoms with Crippen LogP contribution in [0.2, 0.25) is 0 Å². The Morgan fingerprint density at radius 1 is 1.29 bits per heavy atom. The van der Waals surface area contributed by atoms with E-state index in [4.69, 9.17) is 9.41 Å². The Kier molecular flexibility index (Phi) is 9.05. The van der Waals surface area contributed by atoms with E-state index >= 15 is 0 Å². The largest absolute Gasteiger partial charge is 0.443 e. The summed E-state index contributed by atoms with van der Waals surface area (Å²) in [5.41, 5.74) is -0.0235. The maximum atomic E-state index is 5.86. The fourth-order valence-corrected chi connectivity index (χ4v) is 4.06. The van der Waals surface area contributed by atoms with Gasteiger partial charge in [-0.3, -0.25) is 0 Å². The van der Waals surface area contributed by atoms with Crippen LogP contribution in [-0.2, 0) is 12.0 Å². The number of hydrogen-bond donors (Lipinski definition) is 2. The summed E-state index contributed by atoms with van der Waals surface area (Å²) in [5, 5.41) is 6.96. The molecule has 1 saturated heterocycles. The molecule has 2 aliphatic rings. The molecule has 1 aliphatic heterocycles. The van der Waals surface area contributed by atoms with Gasteiger partial charge in [0.05, 0.1) is 6.20 Å². The van der Waals surface area contributed by atoms with Gasteiger partial charge in [0.25, 0.3) is 0 Å². The molecule has 1 aromatic heterocycles. The predicted molar refractivity (Wildman–Crippen MR) is 125 cm³/mol. The van der Waals surface area contributed by atoms with Gasteiger partial charge in [0.1, 0.15) is 12.3 Å². The number of aromatic nitrogens is 1. The van der Waals surface area contributed by atoms with Gasteiger partial charge in [-0.15, -0.1) is 24.0 Å². The first-order valence-corrected chi connectivity index (χ1v) is 10.7. The standard InChI is InChI=1S/C21H37N5O.HI/c1-5-22-20(24-13-19-23-12-18(27-19)21(2,3)4)25-17-10-11-26(15-17)14-16-8-6-7-9-16;/h12,16-17H,5-11,13-15H2,1-4H3,(H2,22,24,25);1H. The normalized spacial score (nSPS) is 21.7. The van der Waals surface area contributed by atoms with Crippen molar-refractivity contribution in [1.82, 2.24) is 20.5 Å². The van der Waals surface area contributed by atoms with Gasteiger partial charge in [0.2, 0.25) is 5.89 Å². The van der Waals surface area contributed by atoms with Gasteiger partial charge < -0.3 is 20.0 Å². The zero-order chi connectivity index (χ0) is 19.3. The van der Waals surface area contributed by atoms with Gasteiger partial charge in [-0.05, 0) is 32.1 Å². The van der Waals surface area contributed by atoms with E-state index in [9.17, 15) is 0 Å². The quantitative estimate of drug-likeness (QED) is 0.350. The molecule has 2 heterocycles. The molecule has 1 aromatic rings. The third kappa shape index (κ3) is 6.90. The molecule has 0 spiro atoms. The Labute approximate surface area is 187 Å². The number of rotatable bonds is 6. The summed E-state index contributed by atoms with van der Waals surface area (Å²) in [6, 6.07) is 0.471. The predicted octanol–water partition coefficient (Wildman–Crippen LogP) is 3.91. The lowest BCUT2D eigenvalue weighted by molar-refractivity contribution is 0.275. The van der Waals surface area contributed by atoms with E-state index in [1.807, 2.05) is 6.20 Å². The van der Waals surface area contributed by atoms with Crippen LogP contribution >= 0.6 is 24.0 Å². The van der Waals surface area contributed by atoms with Gasteiger partial charge in [-0.1, -0.05) is 33.6 Å². The maximum absolute atomic E-state index is 5.86. The zero-order valence-electron chi connectivity index (χ0n) is 18.0. The van der Waals surface area contributed by atoms with Crippen LogP contribution in [0.15, 0.2) is 15.6 Å². The highest BCUT2D eigenvalue weighted by Crippen LogP contribution is 2.26. The van der Waals surface area contributed by atoms with Gasteiger partial charge in [0.15, 0.2) is 5.96 Å². The van der Waals surface area contributed by atoms with E-state index in [-0.39, 0.29) is 29.4 Å². The van der Waals surface area contributed by atoms with E-state index in [1.165, 1.54) is 45.2 Å². The molecule has 6 nitrogen and oxygen atoms in total. The highest BCUT2D eigenvalue weighted by molar-refractivity contribution is 14.0. The summed E-state index contributed by atoms with van der Waals surface area (Å²) in [6.45, 7) is 13.4. The monoisotopic (exact) mass is 503 g/mol. The van der Waals surface area contributed by atoms with Gasteiger partial charge in [-0.25, -0.2) is 9.98 Å². The molecule has 3 rings (SSSR count). The number of aliphatic imine (C=N–C) groups is 1. The number of nitrogens with one attached hydrogen (secondary N) is 2. The van der Waals surface area contributed by atoms with E-state index in [0.717, 1.165) is 30.7 Å². The molecular weight excluding hydrogens is 465 g/mol. The molecule has 1 atom stereocenters. The third-order valence-electron chi connectivity index (χ3n) is 5.61. The number of halogens is 1. The maximum Gasteiger partial charge on any atom is 0.216 e. The van der Waals surface area contributed by atoms with Crippen LogP contribution < -0.4 is 10.6 Å². The number of nitrogens with zero attached hydrogens (tertiary/aromatic N) is 3. The van der Waals surface area contributed by atoms with Crippen molar-refractivity contribution < 1.29 is 4.42 Å². The Hall–Kier alpha value is -0.830. The summed E-state index contributed by atoms with van der Waals surface area (Å²) in [7, 11) is 0. The number of likely N-dealkylation sites (tertiary alicyclic amines) is 1. The fourth-order valence-electron chi connectivity index (χ4n) is 4.06. The third-order valence-corrected chi connectivity index (χ3v) is 5.61. The number of guanidine groups is 1. The molecule has 1 aliphatic carbocycles. The Balaban J connectivity index is 0.00000280. The molecule has 28 heavy (non-hydrogen) atoms. The summed E-state index contributed by atoms with van der Waals surface area (Å²) >= 11 is 0. The lowest BCUT2D eigenvalue weighted by Gasteiger charge is -2.21. The van der Waals surface area contributed by atoms with Crippen molar-refractivity contribution >= 4 is 29.9 Å². The van der Waals surface area contributed by atoms with Gasteiger partial charge in [-0.2, -0.15) is 0 Å². The molecule has 0 radical (unpaired) electrons. The lowest BCUT2D eigenvalue weighted by atomic mass is 9.94. The second-order valence-electron chi connectivity index (χ2n) is 9.10. The molecule has 0 amide bonds. The second-order valence-corrected chi connectivity index (χ2v) is 9.10. The smallest absolute Gasteiger partial charge is 0.216 e. The van der Waals surface area contributed by atoms with Gasteiger partial charge >= 0.3 is 0 Å². The van der Waals surface area contributed by atoms with Crippen LogP contribution in [0.25, 0.3) is 0 Å². The summed E-state index contributed by atoms with van der Waals surface area (Å²) in [6.07, 6.45) is 8.70. The van der Waals surface area contributed by atoms with Crippen molar-refractivity contribution in [2.45, 2.75) is 77.8 Å². The Morgan fingerprint density at radius 2 is 2.04 bits per heavy atom. The number of hydrogen-bond acceptors (Lipinski definition) is 4. The summed E-state index contributed by atoms with van der Waals surface area (Å²) in [5.74, 6) is 3.36. The minimum Gasteiger partial charge on any atom is -0.443 e. The Morgan fingerprint density at radius 3 is 2.68 bits per heavy atom. The van der Waals surface area contributed by atoms with Crippen molar-refractivity contribution in [3.05, 3.63) is 17.8 Å². The first kappa shape index (κ1) is 23.4. The SMILES string of the molecule is CCNC(=NCc1ncc(C(C)(C)C)o1)NC1CCN(CC2CCCC2)C1.I. The minimum atomic E-state index is -0.0235. The van der Waals surface area contributed by atoms with Crippen LogP contribution in [0, 0.1) is 5.92 Å². The van der Waals surface area contributed by atoms with E-state index in [0.29, 0.717) is 18.5 Å². The van der Waals surface area contributed by atoms with Crippen molar-refractivity contribution in [1.29, 1.82) is 0 Å². The average Bonchev–Trinajstić information content (AvgIpc) is 3.34. The topological polar surface area (TPSA) is 65.7 Å². The highest BCUT2D eigenvalue weighted by Gasteiger charge is 2.26.